The first-order valence-electron chi connectivity index (χ1n) is 13.5. The van der Waals surface area contributed by atoms with E-state index in [1.165, 1.54) is 40.7 Å². The standard InChI is InChI=1S/C29H29FN2O7S3/c1-40(34,35)24-4-2-3-22(18-24)31-28(33)20-7-12-26-25(17-20)29(13-15-41(36,37)16-14-29)27(19-5-6-19)32(26)42(38,39)23-10-8-21(30)9-11-23/h2-4,7-12,17-19,27H,5-6,13-16H2,1H3,(H,31,33). The van der Waals surface area contributed by atoms with Gasteiger partial charge in [0.25, 0.3) is 15.9 Å². The van der Waals surface area contributed by atoms with E-state index in [-0.39, 0.29) is 51.3 Å². The van der Waals surface area contributed by atoms with Crippen LogP contribution in [-0.4, -0.2) is 55.0 Å². The molecule has 0 aromatic heterocycles. The number of sulfone groups is 2. The lowest BCUT2D eigenvalue weighted by Crippen LogP contribution is -2.52. The van der Waals surface area contributed by atoms with E-state index in [1.807, 2.05) is 0 Å². The number of carbonyl (C=O) groups excluding carboxylic acids is 1. The first-order chi connectivity index (χ1) is 19.7. The van der Waals surface area contributed by atoms with Gasteiger partial charge in [-0.15, -0.1) is 0 Å². The first-order valence-corrected chi connectivity index (χ1v) is 18.6. The fourth-order valence-corrected chi connectivity index (χ4v) is 10.4. The third-order valence-electron chi connectivity index (χ3n) is 8.53. The van der Waals surface area contributed by atoms with Crippen LogP contribution in [0.5, 0.6) is 0 Å². The van der Waals surface area contributed by atoms with Crippen LogP contribution in [0.1, 0.15) is 41.6 Å². The van der Waals surface area contributed by atoms with Crippen molar-refractivity contribution in [3.8, 4) is 0 Å². The summed E-state index contributed by atoms with van der Waals surface area (Å²) in [7, 11) is -11.0. The van der Waals surface area contributed by atoms with Crippen molar-refractivity contribution in [2.75, 3.05) is 27.4 Å². The highest BCUT2D eigenvalue weighted by Crippen LogP contribution is 2.59. The van der Waals surface area contributed by atoms with E-state index in [0.29, 0.717) is 11.3 Å². The molecule has 0 radical (unpaired) electrons. The molecule has 222 valence electrons. The van der Waals surface area contributed by atoms with E-state index >= 15 is 0 Å². The Labute approximate surface area is 244 Å². The van der Waals surface area contributed by atoms with E-state index < -0.39 is 52.9 Å². The number of benzene rings is 3. The summed E-state index contributed by atoms with van der Waals surface area (Å²) in [6, 6.07) is 14.6. The van der Waals surface area contributed by atoms with Gasteiger partial charge in [-0.3, -0.25) is 9.10 Å². The SMILES string of the molecule is CS(=O)(=O)c1cccc(NC(=O)c2ccc3c(c2)C2(CCS(=O)(=O)CC2)C(C2CC2)N3S(=O)(=O)c2ccc(F)cc2)c1. The van der Waals surface area contributed by atoms with E-state index in [9.17, 15) is 34.4 Å². The average Bonchev–Trinajstić information content (AvgIpc) is 3.73. The molecule has 1 atom stereocenters. The average molecular weight is 633 g/mol. The molecule has 6 rings (SSSR count). The molecule has 3 aromatic carbocycles. The number of hydrogen-bond acceptors (Lipinski definition) is 7. The number of rotatable bonds is 6. The molecule has 2 aliphatic heterocycles. The minimum atomic E-state index is -4.17. The van der Waals surface area contributed by atoms with Crippen LogP contribution in [0.4, 0.5) is 15.8 Å². The van der Waals surface area contributed by atoms with Gasteiger partial charge in [-0.2, -0.15) is 0 Å². The van der Waals surface area contributed by atoms with Crippen LogP contribution in [0.15, 0.2) is 76.5 Å². The number of nitrogens with zero attached hydrogens (tertiary/aromatic N) is 1. The molecule has 2 heterocycles. The summed E-state index contributed by atoms with van der Waals surface area (Å²) in [6.07, 6.45) is 3.06. The smallest absolute Gasteiger partial charge is 0.264 e. The molecule has 9 nitrogen and oxygen atoms in total. The summed E-state index contributed by atoms with van der Waals surface area (Å²) in [5.41, 5.74) is 0.644. The van der Waals surface area contributed by atoms with Gasteiger partial charge in [0.05, 0.1) is 33.0 Å². The highest BCUT2D eigenvalue weighted by molar-refractivity contribution is 7.93. The Morgan fingerprint density at radius 1 is 0.929 bits per heavy atom. The second kappa shape index (κ2) is 9.88. The van der Waals surface area contributed by atoms with Crippen LogP contribution >= 0.6 is 0 Å². The van der Waals surface area contributed by atoms with Crippen LogP contribution < -0.4 is 9.62 Å². The second-order valence-electron chi connectivity index (χ2n) is 11.3. The Balaban J connectivity index is 1.45. The number of nitrogens with one attached hydrogen (secondary N) is 1. The lowest BCUT2D eigenvalue weighted by molar-refractivity contribution is 0.102. The van der Waals surface area contributed by atoms with Gasteiger partial charge in [-0.25, -0.2) is 29.6 Å². The predicted octanol–water partition coefficient (Wildman–Crippen LogP) is 3.92. The molecule has 1 spiro atoms. The lowest BCUT2D eigenvalue weighted by Gasteiger charge is -2.41. The van der Waals surface area contributed by atoms with Crippen molar-refractivity contribution < 1.29 is 34.4 Å². The quantitative estimate of drug-likeness (QED) is 0.435. The minimum absolute atomic E-state index is 0.00411. The summed E-state index contributed by atoms with van der Waals surface area (Å²) in [4.78, 5) is 13.4. The molecule has 2 fully saturated rings. The highest BCUT2D eigenvalue weighted by atomic mass is 32.2. The maximum Gasteiger partial charge on any atom is 0.264 e. The van der Waals surface area contributed by atoms with Crippen LogP contribution in [-0.2, 0) is 35.1 Å². The highest BCUT2D eigenvalue weighted by Gasteiger charge is 2.60. The summed E-state index contributed by atoms with van der Waals surface area (Å²) >= 11 is 0. The zero-order valence-electron chi connectivity index (χ0n) is 22.7. The monoisotopic (exact) mass is 632 g/mol. The van der Waals surface area contributed by atoms with E-state index in [4.69, 9.17) is 0 Å². The second-order valence-corrected chi connectivity index (χ2v) is 17.5. The summed E-state index contributed by atoms with van der Waals surface area (Å²) in [6.45, 7) is 0. The number of halogens is 1. The Morgan fingerprint density at radius 3 is 2.21 bits per heavy atom. The molecule has 1 saturated carbocycles. The molecular weight excluding hydrogens is 604 g/mol. The van der Waals surface area contributed by atoms with Gasteiger partial charge in [0.2, 0.25) is 0 Å². The number of hydrogen-bond donors (Lipinski definition) is 1. The number of fused-ring (bicyclic) bond motifs is 2. The molecule has 3 aliphatic rings. The van der Waals surface area contributed by atoms with Gasteiger partial charge in [0, 0.05) is 22.9 Å². The Kier molecular flexibility index (Phi) is 6.78. The Hall–Kier alpha value is -3.29. The first kappa shape index (κ1) is 28.8. The lowest BCUT2D eigenvalue weighted by atomic mass is 9.70. The Bertz CT molecular complexity index is 1910. The zero-order chi connectivity index (χ0) is 30.1. The maximum absolute atomic E-state index is 14.1. The van der Waals surface area contributed by atoms with Gasteiger partial charge in [0.1, 0.15) is 15.7 Å². The summed E-state index contributed by atoms with van der Waals surface area (Å²) in [5.74, 6) is -1.29. The summed E-state index contributed by atoms with van der Waals surface area (Å²) < 4.78 is 92.4. The van der Waals surface area contributed by atoms with Crippen molar-refractivity contribution in [3.63, 3.8) is 0 Å². The van der Waals surface area contributed by atoms with E-state index in [0.717, 1.165) is 31.2 Å². The third-order valence-corrected chi connectivity index (χ3v) is 13.1. The van der Waals surface area contributed by atoms with Crippen LogP contribution in [0, 0.1) is 11.7 Å². The molecule has 3 aromatic rings. The van der Waals surface area contributed by atoms with Crippen molar-refractivity contribution in [2.24, 2.45) is 5.92 Å². The van der Waals surface area contributed by atoms with Crippen molar-refractivity contribution >= 4 is 47.0 Å². The van der Waals surface area contributed by atoms with Crippen molar-refractivity contribution in [1.29, 1.82) is 0 Å². The normalized spacial score (nSPS) is 21.2. The largest absolute Gasteiger partial charge is 0.322 e. The zero-order valence-corrected chi connectivity index (χ0v) is 25.1. The molecule has 13 heteroatoms. The molecule has 1 unspecified atom stereocenters. The van der Waals surface area contributed by atoms with Crippen LogP contribution in [0.25, 0.3) is 0 Å². The van der Waals surface area contributed by atoms with Gasteiger partial charge in [-0.1, -0.05) is 6.07 Å². The van der Waals surface area contributed by atoms with Crippen molar-refractivity contribution in [3.05, 3.63) is 83.7 Å². The molecular formula is C29H29FN2O7S3. The molecule has 1 N–H and O–H groups in total. The fraction of sp³-hybridized carbons (Fsp3) is 0.345. The fourth-order valence-electron chi connectivity index (χ4n) is 6.33. The van der Waals surface area contributed by atoms with Crippen molar-refractivity contribution in [1.82, 2.24) is 0 Å². The van der Waals surface area contributed by atoms with Gasteiger partial charge in [0.15, 0.2) is 9.84 Å². The number of anilines is 2. The molecule has 1 aliphatic carbocycles. The minimum Gasteiger partial charge on any atom is -0.322 e. The van der Waals surface area contributed by atoms with Crippen LogP contribution in [0.3, 0.4) is 0 Å². The topological polar surface area (TPSA) is 135 Å². The number of carbonyl (C=O) groups is 1. The van der Waals surface area contributed by atoms with Crippen LogP contribution in [0.2, 0.25) is 0 Å². The summed E-state index contributed by atoms with van der Waals surface area (Å²) in [5, 5.41) is 2.72. The number of sulfonamides is 1. The van der Waals surface area contributed by atoms with Gasteiger partial charge in [-0.05, 0) is 97.8 Å². The van der Waals surface area contributed by atoms with Crippen molar-refractivity contribution in [2.45, 2.75) is 46.9 Å². The van der Waals surface area contributed by atoms with E-state index in [1.54, 1.807) is 18.2 Å². The predicted molar refractivity (Wildman–Crippen MR) is 156 cm³/mol. The molecule has 1 saturated heterocycles. The third kappa shape index (κ3) is 5.01. The van der Waals surface area contributed by atoms with E-state index in [2.05, 4.69) is 5.32 Å². The number of amides is 1. The molecule has 1 amide bonds. The van der Waals surface area contributed by atoms with Gasteiger partial charge < -0.3 is 5.32 Å². The molecule has 0 bridgehead atoms. The molecule has 42 heavy (non-hydrogen) atoms. The maximum atomic E-state index is 14.1. The Morgan fingerprint density at radius 2 is 1.60 bits per heavy atom. The van der Waals surface area contributed by atoms with Gasteiger partial charge >= 0.3 is 0 Å².